The van der Waals surface area contributed by atoms with Crippen LogP contribution in [0, 0.1) is 12.7 Å². The maximum atomic E-state index is 13.6. The fraction of sp³-hybridized carbons (Fsp3) is 0.400. The zero-order chi connectivity index (χ0) is 14.0. The molecule has 1 aromatic heterocycles. The van der Waals surface area contributed by atoms with Crippen LogP contribution in [0.5, 0.6) is 0 Å². The van der Waals surface area contributed by atoms with E-state index in [4.69, 9.17) is 4.42 Å². The Morgan fingerprint density at radius 1 is 1.37 bits per heavy atom. The van der Waals surface area contributed by atoms with Crippen molar-refractivity contribution in [2.24, 2.45) is 0 Å². The molecule has 0 unspecified atom stereocenters. The van der Waals surface area contributed by atoms with Gasteiger partial charge >= 0.3 is 0 Å². The average molecular weight is 263 g/mol. The predicted molar refractivity (Wildman–Crippen MR) is 72.7 cm³/mol. The normalized spacial score (nSPS) is 11.2. The first-order chi connectivity index (χ1) is 9.08. The highest BCUT2D eigenvalue weighted by Crippen LogP contribution is 2.27. The molecule has 0 saturated heterocycles. The minimum Gasteiger partial charge on any atom is -0.448 e. The fourth-order valence-electron chi connectivity index (χ4n) is 2.17. The molecule has 2 aromatic rings. The lowest BCUT2D eigenvalue weighted by Gasteiger charge is -2.13. The van der Waals surface area contributed by atoms with Crippen molar-refractivity contribution < 1.29 is 13.6 Å². The van der Waals surface area contributed by atoms with Crippen LogP contribution in [0.3, 0.4) is 0 Å². The number of fused-ring (bicyclic) bond motifs is 1. The van der Waals surface area contributed by atoms with Gasteiger partial charge in [-0.2, -0.15) is 0 Å². The van der Waals surface area contributed by atoms with Gasteiger partial charge in [0.2, 0.25) is 0 Å². The van der Waals surface area contributed by atoms with Crippen molar-refractivity contribution >= 4 is 16.9 Å². The van der Waals surface area contributed by atoms with Crippen molar-refractivity contribution in [1.82, 2.24) is 5.32 Å². The second-order valence-corrected chi connectivity index (χ2v) is 4.66. The Bertz CT molecular complexity index is 599. The third-order valence-electron chi connectivity index (χ3n) is 3.44. The zero-order valence-corrected chi connectivity index (χ0v) is 11.4. The minimum absolute atomic E-state index is 0.116. The molecule has 1 N–H and O–H groups in total. The molecule has 0 aliphatic heterocycles. The molecule has 3 nitrogen and oxygen atoms in total. The van der Waals surface area contributed by atoms with E-state index in [1.165, 1.54) is 6.07 Å². The van der Waals surface area contributed by atoms with Crippen molar-refractivity contribution in [2.75, 3.05) is 0 Å². The maximum absolute atomic E-state index is 13.6. The summed E-state index contributed by atoms with van der Waals surface area (Å²) >= 11 is 0. The Labute approximate surface area is 111 Å². The summed E-state index contributed by atoms with van der Waals surface area (Å²) in [6.45, 7) is 5.80. The Hall–Kier alpha value is -1.84. The van der Waals surface area contributed by atoms with Gasteiger partial charge in [-0.3, -0.25) is 4.79 Å². The van der Waals surface area contributed by atoms with E-state index in [9.17, 15) is 9.18 Å². The topological polar surface area (TPSA) is 42.2 Å². The molecule has 0 radical (unpaired) electrons. The van der Waals surface area contributed by atoms with Gasteiger partial charge < -0.3 is 9.73 Å². The summed E-state index contributed by atoms with van der Waals surface area (Å²) in [5.41, 5.74) is 0.827. The largest absolute Gasteiger partial charge is 0.448 e. The van der Waals surface area contributed by atoms with E-state index < -0.39 is 5.82 Å². The number of para-hydroxylation sites is 1. The van der Waals surface area contributed by atoms with Crippen molar-refractivity contribution in [3.8, 4) is 0 Å². The lowest BCUT2D eigenvalue weighted by molar-refractivity contribution is 0.0908. The molecular weight excluding hydrogens is 245 g/mol. The van der Waals surface area contributed by atoms with Crippen molar-refractivity contribution in [2.45, 2.75) is 39.7 Å². The quantitative estimate of drug-likeness (QED) is 0.911. The third-order valence-corrected chi connectivity index (χ3v) is 3.44. The van der Waals surface area contributed by atoms with Gasteiger partial charge in [0, 0.05) is 17.0 Å². The van der Waals surface area contributed by atoms with Crippen molar-refractivity contribution in [1.29, 1.82) is 0 Å². The van der Waals surface area contributed by atoms with Crippen LogP contribution < -0.4 is 5.32 Å². The molecule has 2 rings (SSSR count). The maximum Gasteiger partial charge on any atom is 0.287 e. The summed E-state index contributed by atoms with van der Waals surface area (Å²) in [6, 6.07) is 4.81. The van der Waals surface area contributed by atoms with E-state index in [1.807, 2.05) is 13.8 Å². The molecule has 1 heterocycles. The van der Waals surface area contributed by atoms with E-state index in [-0.39, 0.29) is 23.3 Å². The van der Waals surface area contributed by atoms with Crippen LogP contribution in [-0.2, 0) is 0 Å². The highest BCUT2D eigenvalue weighted by Gasteiger charge is 2.20. The van der Waals surface area contributed by atoms with Crippen LogP contribution in [0.25, 0.3) is 11.0 Å². The number of hydrogen-bond donors (Lipinski definition) is 1. The number of benzene rings is 1. The van der Waals surface area contributed by atoms with Gasteiger partial charge in [-0.25, -0.2) is 4.39 Å². The molecule has 19 heavy (non-hydrogen) atoms. The van der Waals surface area contributed by atoms with E-state index in [1.54, 1.807) is 19.1 Å². The van der Waals surface area contributed by atoms with E-state index in [2.05, 4.69) is 5.32 Å². The van der Waals surface area contributed by atoms with Gasteiger partial charge in [-0.15, -0.1) is 0 Å². The number of halogens is 1. The van der Waals surface area contributed by atoms with Gasteiger partial charge in [0.05, 0.1) is 0 Å². The first kappa shape index (κ1) is 13.6. The Kier molecular flexibility index (Phi) is 3.88. The number of carbonyl (C=O) groups excluding carboxylic acids is 1. The molecule has 0 atom stereocenters. The van der Waals surface area contributed by atoms with E-state index in [0.29, 0.717) is 10.9 Å². The summed E-state index contributed by atoms with van der Waals surface area (Å²) in [6.07, 6.45) is 1.71. The third kappa shape index (κ3) is 2.48. The van der Waals surface area contributed by atoms with Gasteiger partial charge in [-0.05, 0) is 25.8 Å². The molecule has 4 heteroatoms. The smallest absolute Gasteiger partial charge is 0.287 e. The minimum atomic E-state index is -0.442. The van der Waals surface area contributed by atoms with Crippen molar-refractivity contribution in [3.05, 3.63) is 35.3 Å². The Morgan fingerprint density at radius 2 is 2.05 bits per heavy atom. The first-order valence-corrected chi connectivity index (χ1v) is 6.56. The highest BCUT2D eigenvalue weighted by molar-refractivity contribution is 5.99. The van der Waals surface area contributed by atoms with Crippen LogP contribution in [0.15, 0.2) is 22.6 Å². The van der Waals surface area contributed by atoms with Crippen LogP contribution >= 0.6 is 0 Å². The summed E-state index contributed by atoms with van der Waals surface area (Å²) in [4.78, 5) is 12.1. The Morgan fingerprint density at radius 3 is 2.63 bits per heavy atom. The van der Waals surface area contributed by atoms with Gasteiger partial charge in [0.25, 0.3) is 5.91 Å². The van der Waals surface area contributed by atoms with Crippen molar-refractivity contribution in [3.63, 3.8) is 0 Å². The number of hydrogen-bond acceptors (Lipinski definition) is 2. The molecule has 0 spiro atoms. The van der Waals surface area contributed by atoms with Crippen LogP contribution in [0.4, 0.5) is 4.39 Å². The second-order valence-electron chi connectivity index (χ2n) is 4.66. The molecule has 102 valence electrons. The number of furan rings is 1. The summed E-state index contributed by atoms with van der Waals surface area (Å²) in [7, 11) is 0. The highest BCUT2D eigenvalue weighted by atomic mass is 19.1. The van der Waals surface area contributed by atoms with E-state index >= 15 is 0 Å². The van der Waals surface area contributed by atoms with Gasteiger partial charge in [0.15, 0.2) is 17.2 Å². The molecule has 0 fully saturated rings. The predicted octanol–water partition coefficient (Wildman–Crippen LogP) is 3.80. The average Bonchev–Trinajstić information content (AvgIpc) is 2.75. The molecule has 0 aliphatic rings. The number of rotatable bonds is 4. The Balaban J connectivity index is 2.38. The summed E-state index contributed by atoms with van der Waals surface area (Å²) < 4.78 is 19.0. The lowest BCUT2D eigenvalue weighted by atomic mass is 10.1. The standard InChI is InChI=1S/C15H18FNO2/c1-4-10(5-2)17-15(18)13-9(3)11-7-6-8-12(16)14(11)19-13/h6-8,10H,4-5H2,1-3H3,(H,17,18). The van der Waals surface area contributed by atoms with Gasteiger partial charge in [0.1, 0.15) is 0 Å². The number of nitrogens with one attached hydrogen (secondary N) is 1. The fourth-order valence-corrected chi connectivity index (χ4v) is 2.17. The summed E-state index contributed by atoms with van der Waals surface area (Å²) in [5.74, 6) is -0.518. The summed E-state index contributed by atoms with van der Waals surface area (Å²) in [5, 5.41) is 3.55. The molecule has 1 aromatic carbocycles. The zero-order valence-electron chi connectivity index (χ0n) is 11.4. The lowest BCUT2D eigenvalue weighted by Crippen LogP contribution is -2.33. The van der Waals surface area contributed by atoms with Crippen LogP contribution in [0.2, 0.25) is 0 Å². The molecule has 0 bridgehead atoms. The number of carbonyl (C=O) groups is 1. The van der Waals surface area contributed by atoms with E-state index in [0.717, 1.165) is 12.8 Å². The van der Waals surface area contributed by atoms with Gasteiger partial charge in [-0.1, -0.05) is 26.0 Å². The van der Waals surface area contributed by atoms with Crippen LogP contribution in [-0.4, -0.2) is 11.9 Å². The first-order valence-electron chi connectivity index (χ1n) is 6.56. The molecular formula is C15H18FNO2. The van der Waals surface area contributed by atoms with Crippen LogP contribution in [0.1, 0.15) is 42.8 Å². The number of aryl methyl sites for hydroxylation is 1. The molecule has 0 aliphatic carbocycles. The number of amides is 1. The molecule has 0 saturated carbocycles. The molecule has 1 amide bonds. The second kappa shape index (κ2) is 5.43. The monoisotopic (exact) mass is 263 g/mol. The SMILES string of the molecule is CCC(CC)NC(=O)c1oc2c(F)cccc2c1C.